The number of benzene rings is 2. The molecule has 0 unspecified atom stereocenters. The molecule has 1 heterocycles. The Morgan fingerprint density at radius 1 is 0.750 bits per heavy atom. The van der Waals surface area contributed by atoms with Crippen molar-refractivity contribution in [2.24, 2.45) is 0 Å². The SMILES string of the molecule is COc1cc(C(=O)n2nc(-c3cc(OC)c(OC)c(OC)c3)nc2N)cc(OC)c1OC. The highest BCUT2D eigenvalue weighted by Crippen LogP contribution is 2.41. The number of anilines is 1. The van der Waals surface area contributed by atoms with Gasteiger partial charge in [0.25, 0.3) is 5.91 Å². The number of methoxy groups -OCH3 is 6. The molecule has 0 aliphatic rings. The van der Waals surface area contributed by atoms with Crippen molar-refractivity contribution in [1.29, 1.82) is 0 Å². The summed E-state index contributed by atoms with van der Waals surface area (Å²) in [6.07, 6.45) is 0. The lowest BCUT2D eigenvalue weighted by Crippen LogP contribution is -2.16. The third kappa shape index (κ3) is 3.92. The molecule has 0 saturated carbocycles. The maximum atomic E-state index is 13.2. The lowest BCUT2D eigenvalue weighted by Gasteiger charge is -2.13. The van der Waals surface area contributed by atoms with Crippen molar-refractivity contribution in [1.82, 2.24) is 14.8 Å². The first kappa shape index (κ1) is 22.5. The maximum Gasteiger partial charge on any atom is 0.281 e. The predicted molar refractivity (Wildman–Crippen MR) is 115 cm³/mol. The second-order valence-electron chi connectivity index (χ2n) is 6.34. The quantitative estimate of drug-likeness (QED) is 0.552. The van der Waals surface area contributed by atoms with Gasteiger partial charge in [0.1, 0.15) is 0 Å². The summed E-state index contributed by atoms with van der Waals surface area (Å²) in [5.41, 5.74) is 6.74. The summed E-state index contributed by atoms with van der Waals surface area (Å²) in [6.45, 7) is 0. The summed E-state index contributed by atoms with van der Waals surface area (Å²) in [5.74, 6) is 1.79. The van der Waals surface area contributed by atoms with Crippen LogP contribution in [0.15, 0.2) is 24.3 Å². The van der Waals surface area contributed by atoms with Crippen molar-refractivity contribution in [2.75, 3.05) is 48.4 Å². The zero-order chi connectivity index (χ0) is 23.4. The van der Waals surface area contributed by atoms with Gasteiger partial charge in [0, 0.05) is 11.1 Å². The van der Waals surface area contributed by atoms with Crippen molar-refractivity contribution in [3.8, 4) is 45.9 Å². The van der Waals surface area contributed by atoms with Crippen LogP contribution in [-0.4, -0.2) is 63.3 Å². The number of aromatic nitrogens is 3. The number of carbonyl (C=O) groups is 1. The van der Waals surface area contributed by atoms with Gasteiger partial charge in [-0.3, -0.25) is 4.79 Å². The largest absolute Gasteiger partial charge is 0.493 e. The van der Waals surface area contributed by atoms with Gasteiger partial charge in [0.05, 0.1) is 42.7 Å². The van der Waals surface area contributed by atoms with Crippen LogP contribution in [0.5, 0.6) is 34.5 Å². The van der Waals surface area contributed by atoms with Gasteiger partial charge in [-0.25, -0.2) is 0 Å². The van der Waals surface area contributed by atoms with E-state index in [9.17, 15) is 4.79 Å². The molecule has 0 aliphatic heterocycles. The molecule has 11 nitrogen and oxygen atoms in total. The number of rotatable bonds is 8. The first-order valence-electron chi connectivity index (χ1n) is 9.29. The van der Waals surface area contributed by atoms with Crippen LogP contribution in [0, 0.1) is 0 Å². The summed E-state index contributed by atoms with van der Waals surface area (Å²) in [6, 6.07) is 6.32. The molecule has 0 saturated heterocycles. The van der Waals surface area contributed by atoms with Crippen molar-refractivity contribution in [2.45, 2.75) is 0 Å². The van der Waals surface area contributed by atoms with E-state index >= 15 is 0 Å². The van der Waals surface area contributed by atoms with Gasteiger partial charge >= 0.3 is 0 Å². The second-order valence-corrected chi connectivity index (χ2v) is 6.34. The fourth-order valence-corrected chi connectivity index (χ4v) is 3.13. The van der Waals surface area contributed by atoms with Gasteiger partial charge < -0.3 is 34.2 Å². The molecule has 11 heteroatoms. The van der Waals surface area contributed by atoms with E-state index in [4.69, 9.17) is 34.2 Å². The first-order valence-corrected chi connectivity index (χ1v) is 9.29. The van der Waals surface area contributed by atoms with E-state index in [1.165, 1.54) is 54.8 Å². The van der Waals surface area contributed by atoms with Crippen LogP contribution >= 0.6 is 0 Å². The Hall–Kier alpha value is -4.15. The summed E-state index contributed by atoms with van der Waals surface area (Å²) in [5, 5.41) is 4.28. The van der Waals surface area contributed by atoms with Gasteiger partial charge in [0.15, 0.2) is 28.8 Å². The highest BCUT2D eigenvalue weighted by molar-refractivity contribution is 5.98. The van der Waals surface area contributed by atoms with Crippen LogP contribution < -0.4 is 34.2 Å². The van der Waals surface area contributed by atoms with E-state index < -0.39 is 5.91 Å². The van der Waals surface area contributed by atoms with Crippen molar-refractivity contribution < 1.29 is 33.2 Å². The van der Waals surface area contributed by atoms with Crippen molar-refractivity contribution in [3.05, 3.63) is 29.8 Å². The Kier molecular flexibility index (Phi) is 6.57. The van der Waals surface area contributed by atoms with E-state index in [2.05, 4.69) is 10.1 Å². The lowest BCUT2D eigenvalue weighted by molar-refractivity contribution is 0.0947. The number of hydrogen-bond donors (Lipinski definition) is 1. The van der Waals surface area contributed by atoms with E-state index in [-0.39, 0.29) is 17.3 Å². The number of ether oxygens (including phenoxy) is 6. The van der Waals surface area contributed by atoms with Gasteiger partial charge in [-0.05, 0) is 24.3 Å². The van der Waals surface area contributed by atoms with Crippen LogP contribution in [0.25, 0.3) is 11.4 Å². The number of nitrogens with two attached hydrogens (primary N) is 1. The minimum absolute atomic E-state index is 0.104. The van der Waals surface area contributed by atoms with Crippen LogP contribution in [0.3, 0.4) is 0 Å². The molecule has 0 atom stereocenters. The van der Waals surface area contributed by atoms with Crippen molar-refractivity contribution >= 4 is 11.9 Å². The van der Waals surface area contributed by atoms with E-state index in [1.807, 2.05) is 0 Å². The zero-order valence-electron chi connectivity index (χ0n) is 18.6. The van der Waals surface area contributed by atoms with Crippen LogP contribution in [0.4, 0.5) is 5.95 Å². The molecule has 1 aromatic heterocycles. The molecule has 2 aromatic carbocycles. The van der Waals surface area contributed by atoms with Crippen LogP contribution in [0.2, 0.25) is 0 Å². The molecule has 170 valence electrons. The minimum atomic E-state index is -0.534. The smallest absolute Gasteiger partial charge is 0.281 e. The Labute approximate surface area is 184 Å². The lowest BCUT2D eigenvalue weighted by atomic mass is 10.1. The first-order chi connectivity index (χ1) is 15.4. The average Bonchev–Trinajstić information content (AvgIpc) is 3.22. The molecule has 0 spiro atoms. The molecule has 0 fully saturated rings. The summed E-state index contributed by atoms with van der Waals surface area (Å²) in [7, 11) is 8.88. The third-order valence-corrected chi connectivity index (χ3v) is 4.66. The Bertz CT molecular complexity index is 1090. The molecular formula is C21H24N4O7. The molecule has 0 aliphatic carbocycles. The van der Waals surface area contributed by atoms with Crippen LogP contribution in [-0.2, 0) is 0 Å². The number of nitrogen functional groups attached to an aromatic ring is 1. The standard InChI is InChI=1S/C21H24N4O7/c1-27-13-7-11(8-14(28-2)17(13)31-5)19-23-21(22)25(24-19)20(26)12-9-15(29-3)18(32-6)16(10-12)30-4/h7-10H,1-6H3,(H2,22,23,24). The van der Waals surface area contributed by atoms with E-state index in [0.717, 1.165) is 4.68 Å². The fourth-order valence-electron chi connectivity index (χ4n) is 3.13. The molecule has 0 bridgehead atoms. The Morgan fingerprint density at radius 2 is 1.19 bits per heavy atom. The zero-order valence-corrected chi connectivity index (χ0v) is 18.6. The number of nitrogens with zero attached hydrogens (tertiary/aromatic N) is 3. The normalized spacial score (nSPS) is 10.4. The number of carbonyl (C=O) groups excluding carboxylic acids is 1. The Morgan fingerprint density at radius 3 is 1.59 bits per heavy atom. The van der Waals surface area contributed by atoms with Gasteiger partial charge in [-0.1, -0.05) is 0 Å². The summed E-state index contributed by atoms with van der Waals surface area (Å²) in [4.78, 5) is 17.4. The molecule has 3 aromatic rings. The van der Waals surface area contributed by atoms with Gasteiger partial charge in [-0.2, -0.15) is 9.67 Å². The monoisotopic (exact) mass is 444 g/mol. The Balaban J connectivity index is 2.07. The third-order valence-electron chi connectivity index (χ3n) is 4.66. The van der Waals surface area contributed by atoms with Crippen LogP contribution in [0.1, 0.15) is 10.4 Å². The summed E-state index contributed by atoms with van der Waals surface area (Å²) < 4.78 is 32.9. The van der Waals surface area contributed by atoms with Crippen molar-refractivity contribution in [3.63, 3.8) is 0 Å². The minimum Gasteiger partial charge on any atom is -0.493 e. The molecule has 2 N–H and O–H groups in total. The maximum absolute atomic E-state index is 13.2. The molecular weight excluding hydrogens is 420 g/mol. The molecule has 3 rings (SSSR count). The molecule has 32 heavy (non-hydrogen) atoms. The van der Waals surface area contributed by atoms with Gasteiger partial charge in [0.2, 0.25) is 17.4 Å². The molecule has 0 amide bonds. The molecule has 0 radical (unpaired) electrons. The highest BCUT2D eigenvalue weighted by Gasteiger charge is 2.23. The summed E-state index contributed by atoms with van der Waals surface area (Å²) >= 11 is 0. The number of hydrogen-bond acceptors (Lipinski definition) is 10. The highest BCUT2D eigenvalue weighted by atomic mass is 16.5. The van der Waals surface area contributed by atoms with E-state index in [0.29, 0.717) is 40.1 Å². The fraction of sp³-hybridized carbons (Fsp3) is 0.286. The average molecular weight is 444 g/mol. The topological polar surface area (TPSA) is 129 Å². The predicted octanol–water partition coefficient (Wildman–Crippen LogP) is 2.27. The van der Waals surface area contributed by atoms with E-state index in [1.54, 1.807) is 12.1 Å². The second kappa shape index (κ2) is 9.33. The van der Waals surface area contributed by atoms with Gasteiger partial charge in [-0.15, -0.1) is 5.10 Å².